The zero-order chi connectivity index (χ0) is 12.0. The third kappa shape index (κ3) is 1.99. The van der Waals surface area contributed by atoms with Gasteiger partial charge in [0.2, 0.25) is 0 Å². The zero-order valence-electron chi connectivity index (χ0n) is 11.1. The lowest BCUT2D eigenvalue weighted by Gasteiger charge is -2.15. The molecule has 94 valence electrons. The maximum Gasteiger partial charge on any atom is 0.0683 e. The second-order valence-electron chi connectivity index (χ2n) is 7.07. The maximum absolute atomic E-state index is 8.95. The normalized spacial score (nSPS) is 42.3. The molecule has 4 unspecified atom stereocenters. The first-order chi connectivity index (χ1) is 8.12. The van der Waals surface area contributed by atoms with Gasteiger partial charge < -0.3 is 5.32 Å². The highest BCUT2D eigenvalue weighted by Crippen LogP contribution is 2.65. The Bertz CT molecular complexity index is 325. The summed E-state index contributed by atoms with van der Waals surface area (Å²) >= 11 is 0. The molecule has 0 spiro atoms. The van der Waals surface area contributed by atoms with Crippen LogP contribution in [0.5, 0.6) is 0 Å². The van der Waals surface area contributed by atoms with E-state index in [2.05, 4.69) is 11.4 Å². The van der Waals surface area contributed by atoms with Crippen LogP contribution in [0.15, 0.2) is 0 Å². The van der Waals surface area contributed by atoms with Crippen molar-refractivity contribution in [1.29, 1.82) is 5.26 Å². The monoisotopic (exact) mass is 232 g/mol. The predicted octanol–water partition coefficient (Wildman–Crippen LogP) is 2.95. The van der Waals surface area contributed by atoms with Crippen molar-refractivity contribution < 1.29 is 0 Å². The van der Waals surface area contributed by atoms with Crippen LogP contribution in [0, 0.1) is 40.4 Å². The molecule has 3 aliphatic carbocycles. The lowest BCUT2D eigenvalue weighted by atomic mass is 9.90. The number of nitrogens with zero attached hydrogens (tertiary/aromatic N) is 1. The van der Waals surface area contributed by atoms with E-state index in [1.165, 1.54) is 19.3 Å². The molecule has 17 heavy (non-hydrogen) atoms. The molecule has 3 saturated carbocycles. The highest BCUT2D eigenvalue weighted by atomic mass is 15.0. The highest BCUT2D eigenvalue weighted by molar-refractivity contribution is 5.16. The lowest BCUT2D eigenvalue weighted by molar-refractivity contribution is 0.408. The van der Waals surface area contributed by atoms with Gasteiger partial charge in [-0.3, -0.25) is 0 Å². The molecule has 4 atom stereocenters. The van der Waals surface area contributed by atoms with Gasteiger partial charge in [-0.15, -0.1) is 0 Å². The second kappa shape index (κ2) is 3.99. The van der Waals surface area contributed by atoms with Gasteiger partial charge in [0.05, 0.1) is 11.5 Å². The van der Waals surface area contributed by atoms with Gasteiger partial charge in [-0.1, -0.05) is 0 Å². The number of nitrogens with one attached hydrogen (secondary N) is 1. The first kappa shape index (κ1) is 11.5. The van der Waals surface area contributed by atoms with Gasteiger partial charge in [-0.2, -0.15) is 5.26 Å². The van der Waals surface area contributed by atoms with Crippen molar-refractivity contribution in [2.24, 2.45) is 29.1 Å². The van der Waals surface area contributed by atoms with Crippen LogP contribution >= 0.6 is 0 Å². The summed E-state index contributed by atoms with van der Waals surface area (Å²) in [6.45, 7) is 5.19. The maximum atomic E-state index is 8.95. The van der Waals surface area contributed by atoms with E-state index in [-0.39, 0.29) is 5.41 Å². The van der Waals surface area contributed by atoms with Crippen LogP contribution in [0.2, 0.25) is 0 Å². The van der Waals surface area contributed by atoms with E-state index in [0.717, 1.165) is 49.1 Å². The summed E-state index contributed by atoms with van der Waals surface area (Å²) < 4.78 is 0. The zero-order valence-corrected chi connectivity index (χ0v) is 11.1. The first-order valence-electron chi connectivity index (χ1n) is 7.27. The molecule has 3 fully saturated rings. The number of hydrogen-bond donors (Lipinski definition) is 1. The minimum atomic E-state index is -0.139. The average Bonchev–Trinajstić information content (AvgIpc) is 2.71. The van der Waals surface area contributed by atoms with E-state index in [9.17, 15) is 0 Å². The minimum absolute atomic E-state index is 0.139. The third-order valence-corrected chi connectivity index (χ3v) is 5.40. The Morgan fingerprint density at radius 2 is 1.88 bits per heavy atom. The van der Waals surface area contributed by atoms with Gasteiger partial charge >= 0.3 is 0 Å². The quantitative estimate of drug-likeness (QED) is 0.740. The summed E-state index contributed by atoms with van der Waals surface area (Å²) in [5.74, 6) is 4.21. The highest BCUT2D eigenvalue weighted by Gasteiger charge is 2.64. The molecule has 0 aromatic rings. The Labute approximate surface area is 105 Å². The first-order valence-corrected chi connectivity index (χ1v) is 7.27. The van der Waals surface area contributed by atoms with Crippen LogP contribution in [0.3, 0.4) is 0 Å². The van der Waals surface area contributed by atoms with Gasteiger partial charge in [0.1, 0.15) is 0 Å². The van der Waals surface area contributed by atoms with E-state index < -0.39 is 0 Å². The number of fused-ring (bicyclic) bond motifs is 5. The molecule has 0 saturated heterocycles. The molecule has 0 aromatic carbocycles. The van der Waals surface area contributed by atoms with Gasteiger partial charge in [-0.05, 0) is 76.2 Å². The number of hydrogen-bond acceptors (Lipinski definition) is 2. The number of rotatable bonds is 5. The summed E-state index contributed by atoms with van der Waals surface area (Å²) in [5, 5.41) is 12.7. The molecular weight excluding hydrogens is 208 g/mol. The predicted molar refractivity (Wildman–Crippen MR) is 68.2 cm³/mol. The second-order valence-corrected chi connectivity index (χ2v) is 7.07. The summed E-state index contributed by atoms with van der Waals surface area (Å²) in [5.41, 5.74) is -0.139. The van der Waals surface area contributed by atoms with E-state index >= 15 is 0 Å². The Kier molecular flexibility index (Phi) is 2.70. The van der Waals surface area contributed by atoms with Gasteiger partial charge in [0.15, 0.2) is 0 Å². The van der Waals surface area contributed by atoms with Gasteiger partial charge in [0.25, 0.3) is 0 Å². The lowest BCUT2D eigenvalue weighted by Crippen LogP contribution is -2.25. The molecule has 0 heterocycles. The minimum Gasteiger partial charge on any atom is -0.313 e. The van der Waals surface area contributed by atoms with E-state index in [0.29, 0.717) is 0 Å². The summed E-state index contributed by atoms with van der Waals surface area (Å²) in [6.07, 6.45) is 6.71. The van der Waals surface area contributed by atoms with Crippen LogP contribution in [0.4, 0.5) is 0 Å². The molecule has 3 aliphatic rings. The van der Waals surface area contributed by atoms with Crippen molar-refractivity contribution in [3.05, 3.63) is 0 Å². The molecule has 2 heteroatoms. The molecule has 0 aliphatic heterocycles. The van der Waals surface area contributed by atoms with Crippen molar-refractivity contribution in [1.82, 2.24) is 5.32 Å². The Balaban J connectivity index is 1.37. The van der Waals surface area contributed by atoms with Crippen LogP contribution in [0.1, 0.15) is 46.0 Å². The number of nitriles is 1. The van der Waals surface area contributed by atoms with E-state index in [1.54, 1.807) is 0 Å². The summed E-state index contributed by atoms with van der Waals surface area (Å²) in [7, 11) is 0. The standard InChI is InChI=1S/C15H24N2/c1-15(2,9-16)6-3-7-17-14-12-10-4-5-11(8-10)13(12)14/h10-14,17H,3-8H2,1-2H3. The van der Waals surface area contributed by atoms with Crippen LogP contribution in [-0.4, -0.2) is 12.6 Å². The van der Waals surface area contributed by atoms with E-state index in [4.69, 9.17) is 5.26 Å². The Hall–Kier alpha value is -0.550. The van der Waals surface area contributed by atoms with Crippen molar-refractivity contribution in [3.63, 3.8) is 0 Å². The molecular formula is C15H24N2. The summed E-state index contributed by atoms with van der Waals surface area (Å²) in [6, 6.07) is 3.23. The van der Waals surface area contributed by atoms with Crippen molar-refractivity contribution in [2.45, 2.75) is 52.0 Å². The van der Waals surface area contributed by atoms with Crippen molar-refractivity contribution in [2.75, 3.05) is 6.54 Å². The Morgan fingerprint density at radius 1 is 1.24 bits per heavy atom. The van der Waals surface area contributed by atoms with Crippen molar-refractivity contribution in [3.8, 4) is 6.07 Å². The molecule has 3 rings (SSSR count). The van der Waals surface area contributed by atoms with E-state index in [1.807, 2.05) is 13.8 Å². The topological polar surface area (TPSA) is 35.8 Å². The smallest absolute Gasteiger partial charge is 0.0683 e. The molecule has 0 amide bonds. The molecule has 2 bridgehead atoms. The van der Waals surface area contributed by atoms with Crippen LogP contribution in [-0.2, 0) is 0 Å². The fourth-order valence-electron chi connectivity index (χ4n) is 4.45. The fourth-order valence-corrected chi connectivity index (χ4v) is 4.45. The molecule has 0 radical (unpaired) electrons. The fraction of sp³-hybridized carbons (Fsp3) is 0.933. The van der Waals surface area contributed by atoms with Gasteiger partial charge in [0, 0.05) is 6.04 Å². The molecule has 1 N–H and O–H groups in total. The molecule has 0 aromatic heterocycles. The molecule has 2 nitrogen and oxygen atoms in total. The average molecular weight is 232 g/mol. The third-order valence-electron chi connectivity index (χ3n) is 5.40. The summed E-state index contributed by atoms with van der Waals surface area (Å²) in [4.78, 5) is 0. The Morgan fingerprint density at radius 3 is 2.47 bits per heavy atom. The van der Waals surface area contributed by atoms with Crippen LogP contribution < -0.4 is 5.32 Å². The van der Waals surface area contributed by atoms with Crippen LogP contribution in [0.25, 0.3) is 0 Å². The largest absolute Gasteiger partial charge is 0.313 e. The van der Waals surface area contributed by atoms with Gasteiger partial charge in [-0.25, -0.2) is 0 Å². The van der Waals surface area contributed by atoms with Crippen molar-refractivity contribution >= 4 is 0 Å². The SMILES string of the molecule is CC(C)(C#N)CCCNC1C2C3CCC(C3)C12.